The summed E-state index contributed by atoms with van der Waals surface area (Å²) in [7, 11) is 1.71. The fraction of sp³-hybridized carbons (Fsp3) is 0.467. The van der Waals surface area contributed by atoms with Crippen molar-refractivity contribution >= 4 is 0 Å². The molecule has 0 bridgehead atoms. The van der Waals surface area contributed by atoms with Gasteiger partial charge in [0.25, 0.3) is 5.89 Å². The minimum atomic E-state index is -0.337. The number of benzene rings is 1. The average molecular weight is 273 g/mol. The summed E-state index contributed by atoms with van der Waals surface area (Å²) in [5, 5.41) is 4.10. The van der Waals surface area contributed by atoms with E-state index in [4.69, 9.17) is 15.0 Å². The summed E-state index contributed by atoms with van der Waals surface area (Å²) >= 11 is 0. The van der Waals surface area contributed by atoms with E-state index in [1.54, 1.807) is 7.11 Å². The zero-order valence-corrected chi connectivity index (χ0v) is 11.6. The summed E-state index contributed by atoms with van der Waals surface area (Å²) in [6.07, 6.45) is 3.89. The molecule has 1 aromatic carbocycles. The number of nitrogens with zero attached hydrogens (tertiary/aromatic N) is 2. The molecule has 1 aromatic heterocycles. The SMILES string of the molecule is COC1(c2noc(-c3cccc(CCN)c3)n2)CCC1. The zero-order valence-electron chi connectivity index (χ0n) is 11.6. The van der Waals surface area contributed by atoms with Crippen molar-refractivity contribution in [3.05, 3.63) is 35.7 Å². The van der Waals surface area contributed by atoms with Crippen LogP contribution in [0.4, 0.5) is 0 Å². The van der Waals surface area contributed by atoms with Crippen LogP contribution >= 0.6 is 0 Å². The Morgan fingerprint density at radius 2 is 2.25 bits per heavy atom. The Labute approximate surface area is 118 Å². The van der Waals surface area contributed by atoms with E-state index in [-0.39, 0.29) is 5.60 Å². The van der Waals surface area contributed by atoms with E-state index in [9.17, 15) is 0 Å². The first-order valence-corrected chi connectivity index (χ1v) is 6.96. The fourth-order valence-corrected chi connectivity index (χ4v) is 2.57. The van der Waals surface area contributed by atoms with Gasteiger partial charge in [0.1, 0.15) is 5.60 Å². The molecular formula is C15H19N3O2. The molecule has 106 valence electrons. The van der Waals surface area contributed by atoms with Crippen molar-refractivity contribution in [2.24, 2.45) is 5.73 Å². The summed E-state index contributed by atoms with van der Waals surface area (Å²) in [6.45, 7) is 0.630. The third-order valence-corrected chi connectivity index (χ3v) is 3.99. The quantitative estimate of drug-likeness (QED) is 0.904. The highest BCUT2D eigenvalue weighted by Gasteiger charge is 2.43. The fourth-order valence-electron chi connectivity index (χ4n) is 2.57. The molecule has 0 radical (unpaired) electrons. The molecular weight excluding hydrogens is 254 g/mol. The standard InChI is InChI=1S/C15H19N3O2/c1-19-15(7-3-8-15)14-17-13(20-18-14)12-5-2-4-11(10-12)6-9-16/h2,4-5,10H,3,6-9,16H2,1H3. The number of rotatable bonds is 5. The maximum absolute atomic E-state index is 5.59. The van der Waals surface area contributed by atoms with E-state index in [1.807, 2.05) is 18.2 Å². The van der Waals surface area contributed by atoms with E-state index in [0.29, 0.717) is 18.3 Å². The van der Waals surface area contributed by atoms with Crippen molar-refractivity contribution in [3.8, 4) is 11.5 Å². The van der Waals surface area contributed by atoms with E-state index in [1.165, 1.54) is 5.56 Å². The van der Waals surface area contributed by atoms with Crippen LogP contribution < -0.4 is 5.73 Å². The van der Waals surface area contributed by atoms with Crippen LogP contribution in [-0.2, 0) is 16.8 Å². The molecule has 1 aliphatic carbocycles. The minimum absolute atomic E-state index is 0.337. The predicted molar refractivity (Wildman–Crippen MR) is 75.0 cm³/mol. The van der Waals surface area contributed by atoms with Crippen molar-refractivity contribution in [1.82, 2.24) is 10.1 Å². The first-order chi connectivity index (χ1) is 9.77. The van der Waals surface area contributed by atoms with Crippen molar-refractivity contribution in [1.29, 1.82) is 0 Å². The van der Waals surface area contributed by atoms with Crippen LogP contribution in [0.25, 0.3) is 11.5 Å². The van der Waals surface area contributed by atoms with Gasteiger partial charge in [-0.3, -0.25) is 0 Å². The molecule has 0 atom stereocenters. The summed E-state index contributed by atoms with van der Waals surface area (Å²) in [4.78, 5) is 4.51. The Morgan fingerprint density at radius 1 is 1.40 bits per heavy atom. The number of hydrogen-bond acceptors (Lipinski definition) is 5. The Kier molecular flexibility index (Phi) is 3.54. The van der Waals surface area contributed by atoms with E-state index in [0.717, 1.165) is 31.2 Å². The molecule has 1 fully saturated rings. The molecule has 0 amide bonds. The lowest BCUT2D eigenvalue weighted by molar-refractivity contribution is -0.0858. The summed E-state index contributed by atoms with van der Waals surface area (Å²) < 4.78 is 11.0. The lowest BCUT2D eigenvalue weighted by Gasteiger charge is -2.37. The number of methoxy groups -OCH3 is 1. The number of ether oxygens (including phenoxy) is 1. The Balaban J connectivity index is 1.88. The van der Waals surface area contributed by atoms with Gasteiger partial charge < -0.3 is 15.0 Å². The lowest BCUT2D eigenvalue weighted by Crippen LogP contribution is -2.37. The van der Waals surface area contributed by atoms with Gasteiger partial charge in [-0.1, -0.05) is 17.3 Å². The maximum atomic E-state index is 5.59. The van der Waals surface area contributed by atoms with Crippen LogP contribution in [0.15, 0.2) is 28.8 Å². The molecule has 2 N–H and O–H groups in total. The van der Waals surface area contributed by atoms with Crippen LogP contribution in [0.5, 0.6) is 0 Å². The molecule has 20 heavy (non-hydrogen) atoms. The molecule has 0 spiro atoms. The highest BCUT2D eigenvalue weighted by molar-refractivity contribution is 5.54. The van der Waals surface area contributed by atoms with E-state index >= 15 is 0 Å². The van der Waals surface area contributed by atoms with Crippen LogP contribution in [-0.4, -0.2) is 23.8 Å². The van der Waals surface area contributed by atoms with Gasteiger partial charge in [-0.25, -0.2) is 0 Å². The second-order valence-electron chi connectivity index (χ2n) is 5.21. The van der Waals surface area contributed by atoms with Crippen LogP contribution in [0, 0.1) is 0 Å². The summed E-state index contributed by atoms with van der Waals surface area (Å²) in [5.41, 5.74) is 7.36. The van der Waals surface area contributed by atoms with Crippen molar-refractivity contribution in [2.75, 3.05) is 13.7 Å². The highest BCUT2D eigenvalue weighted by Crippen LogP contribution is 2.43. The van der Waals surface area contributed by atoms with Crippen LogP contribution in [0.2, 0.25) is 0 Å². The topological polar surface area (TPSA) is 74.2 Å². The van der Waals surface area contributed by atoms with E-state index < -0.39 is 0 Å². The number of hydrogen-bond donors (Lipinski definition) is 1. The lowest BCUT2D eigenvalue weighted by atomic mass is 9.79. The van der Waals surface area contributed by atoms with Gasteiger partial charge in [-0.2, -0.15) is 4.98 Å². The highest BCUT2D eigenvalue weighted by atomic mass is 16.5. The monoisotopic (exact) mass is 273 g/mol. The molecule has 1 heterocycles. The minimum Gasteiger partial charge on any atom is -0.370 e. The molecule has 0 unspecified atom stereocenters. The second-order valence-corrected chi connectivity index (χ2v) is 5.21. The number of nitrogens with two attached hydrogens (primary N) is 1. The second kappa shape index (κ2) is 5.34. The molecule has 0 aliphatic heterocycles. The van der Waals surface area contributed by atoms with Gasteiger partial charge in [0.05, 0.1) is 0 Å². The van der Waals surface area contributed by atoms with Gasteiger partial charge in [0.15, 0.2) is 0 Å². The van der Waals surface area contributed by atoms with Gasteiger partial charge >= 0.3 is 0 Å². The molecule has 5 heteroatoms. The van der Waals surface area contributed by atoms with Crippen molar-refractivity contribution < 1.29 is 9.26 Å². The first kappa shape index (κ1) is 13.3. The maximum Gasteiger partial charge on any atom is 0.258 e. The summed E-state index contributed by atoms with van der Waals surface area (Å²) in [6, 6.07) is 8.05. The molecule has 1 aliphatic rings. The van der Waals surface area contributed by atoms with Gasteiger partial charge in [0.2, 0.25) is 5.82 Å². The number of aromatic nitrogens is 2. The molecule has 0 saturated heterocycles. The Bertz CT molecular complexity index is 585. The van der Waals surface area contributed by atoms with Crippen LogP contribution in [0.1, 0.15) is 30.7 Å². The average Bonchev–Trinajstić information content (AvgIpc) is 2.89. The van der Waals surface area contributed by atoms with Gasteiger partial charge in [-0.05, 0) is 49.9 Å². The largest absolute Gasteiger partial charge is 0.370 e. The molecule has 2 aromatic rings. The third-order valence-electron chi connectivity index (χ3n) is 3.99. The van der Waals surface area contributed by atoms with Crippen LogP contribution in [0.3, 0.4) is 0 Å². The van der Waals surface area contributed by atoms with Crippen molar-refractivity contribution in [2.45, 2.75) is 31.3 Å². The Hall–Kier alpha value is -1.72. The molecule has 3 rings (SSSR count). The van der Waals surface area contributed by atoms with Gasteiger partial charge in [-0.15, -0.1) is 0 Å². The first-order valence-electron chi connectivity index (χ1n) is 6.96. The third kappa shape index (κ3) is 2.23. The summed E-state index contributed by atoms with van der Waals surface area (Å²) in [5.74, 6) is 1.20. The predicted octanol–water partition coefficient (Wildman–Crippen LogP) is 2.26. The molecule has 5 nitrogen and oxygen atoms in total. The normalized spacial score (nSPS) is 16.9. The van der Waals surface area contributed by atoms with Crippen molar-refractivity contribution in [3.63, 3.8) is 0 Å². The zero-order chi connectivity index (χ0) is 14.0. The smallest absolute Gasteiger partial charge is 0.258 e. The van der Waals surface area contributed by atoms with E-state index in [2.05, 4.69) is 16.2 Å². The van der Waals surface area contributed by atoms with Gasteiger partial charge in [0, 0.05) is 12.7 Å². The Morgan fingerprint density at radius 3 is 2.90 bits per heavy atom. The molecule has 1 saturated carbocycles.